The first-order valence-corrected chi connectivity index (χ1v) is 8.16. The highest BCUT2D eigenvalue weighted by atomic mass is 79.9. The first kappa shape index (κ1) is 14.0. The van der Waals surface area contributed by atoms with Crippen LogP contribution in [-0.4, -0.2) is 9.38 Å². The molecule has 2 heterocycles. The van der Waals surface area contributed by atoms with Crippen LogP contribution in [0.3, 0.4) is 0 Å². The molecule has 4 rings (SSSR count). The molecule has 4 heteroatoms. The lowest BCUT2D eigenvalue weighted by molar-refractivity contribution is 1.18. The van der Waals surface area contributed by atoms with Crippen molar-refractivity contribution < 1.29 is 0 Å². The van der Waals surface area contributed by atoms with Crippen molar-refractivity contribution in [3.63, 3.8) is 0 Å². The molecular weight excluding hydrogens is 350 g/mol. The Hall–Kier alpha value is -2.59. The molecule has 0 bridgehead atoms. The minimum atomic E-state index is 0.920. The molecule has 23 heavy (non-hydrogen) atoms. The summed E-state index contributed by atoms with van der Waals surface area (Å²) in [6.45, 7) is 0. The van der Waals surface area contributed by atoms with E-state index >= 15 is 0 Å². The van der Waals surface area contributed by atoms with Gasteiger partial charge < -0.3 is 5.32 Å². The molecule has 0 aliphatic carbocycles. The SMILES string of the molecule is Brc1ccc(-c2nc3ccccn3c2Nc2ccccc2)cc1. The number of fused-ring (bicyclic) bond motifs is 1. The van der Waals surface area contributed by atoms with Crippen molar-refractivity contribution in [3.8, 4) is 11.3 Å². The summed E-state index contributed by atoms with van der Waals surface area (Å²) in [5.41, 5.74) is 3.98. The molecule has 1 N–H and O–H groups in total. The molecule has 0 atom stereocenters. The van der Waals surface area contributed by atoms with Crippen molar-refractivity contribution in [1.82, 2.24) is 9.38 Å². The van der Waals surface area contributed by atoms with Crippen molar-refractivity contribution >= 4 is 33.1 Å². The second-order valence-electron chi connectivity index (χ2n) is 5.24. The summed E-state index contributed by atoms with van der Waals surface area (Å²) >= 11 is 3.48. The third kappa shape index (κ3) is 2.73. The summed E-state index contributed by atoms with van der Waals surface area (Å²) in [5.74, 6) is 0.967. The number of anilines is 2. The highest BCUT2D eigenvalue weighted by molar-refractivity contribution is 9.10. The van der Waals surface area contributed by atoms with Crippen molar-refractivity contribution in [2.75, 3.05) is 5.32 Å². The van der Waals surface area contributed by atoms with Crippen molar-refractivity contribution in [1.29, 1.82) is 0 Å². The highest BCUT2D eigenvalue weighted by Gasteiger charge is 2.14. The van der Waals surface area contributed by atoms with Gasteiger partial charge in [-0.05, 0) is 36.4 Å². The van der Waals surface area contributed by atoms with Gasteiger partial charge in [-0.1, -0.05) is 52.3 Å². The molecule has 0 saturated carbocycles. The summed E-state index contributed by atoms with van der Waals surface area (Å²) in [7, 11) is 0. The number of nitrogens with zero attached hydrogens (tertiary/aromatic N) is 2. The van der Waals surface area contributed by atoms with Crippen molar-refractivity contribution in [2.24, 2.45) is 0 Å². The Morgan fingerprint density at radius 2 is 1.57 bits per heavy atom. The molecule has 4 aromatic rings. The second kappa shape index (κ2) is 5.89. The molecule has 0 aliphatic heterocycles. The number of para-hydroxylation sites is 1. The van der Waals surface area contributed by atoms with Gasteiger partial charge in [-0.25, -0.2) is 4.98 Å². The molecule has 2 aromatic heterocycles. The molecule has 0 fully saturated rings. The third-order valence-corrected chi connectivity index (χ3v) is 4.21. The first-order valence-electron chi connectivity index (χ1n) is 7.36. The van der Waals surface area contributed by atoms with Gasteiger partial charge in [0.15, 0.2) is 0 Å². The van der Waals surface area contributed by atoms with E-state index in [4.69, 9.17) is 4.98 Å². The smallest absolute Gasteiger partial charge is 0.143 e. The number of benzene rings is 2. The minimum absolute atomic E-state index is 0.920. The zero-order chi connectivity index (χ0) is 15.6. The van der Waals surface area contributed by atoms with Gasteiger partial charge in [0, 0.05) is 21.9 Å². The molecule has 0 radical (unpaired) electrons. The number of imidazole rings is 1. The van der Waals surface area contributed by atoms with Gasteiger partial charge in [0.1, 0.15) is 17.2 Å². The van der Waals surface area contributed by atoms with E-state index in [0.717, 1.165) is 32.9 Å². The van der Waals surface area contributed by atoms with E-state index in [1.165, 1.54) is 0 Å². The minimum Gasteiger partial charge on any atom is -0.339 e. The standard InChI is InChI=1S/C19H14BrN3/c20-15-11-9-14(10-12-15)18-19(21-16-6-2-1-3-7-16)23-13-5-4-8-17(23)22-18/h1-13,21H. The van der Waals surface area contributed by atoms with Crippen LogP contribution in [-0.2, 0) is 0 Å². The summed E-state index contributed by atoms with van der Waals surface area (Å²) in [4.78, 5) is 4.79. The van der Waals surface area contributed by atoms with Crippen LogP contribution in [0.25, 0.3) is 16.9 Å². The molecular formula is C19H14BrN3. The van der Waals surface area contributed by atoms with Crippen LogP contribution in [0.5, 0.6) is 0 Å². The van der Waals surface area contributed by atoms with Crippen LogP contribution < -0.4 is 5.32 Å². The number of aromatic nitrogens is 2. The zero-order valence-electron chi connectivity index (χ0n) is 12.3. The monoisotopic (exact) mass is 363 g/mol. The van der Waals surface area contributed by atoms with Crippen molar-refractivity contribution in [2.45, 2.75) is 0 Å². The number of pyridine rings is 1. The van der Waals surface area contributed by atoms with Gasteiger partial charge in [0.2, 0.25) is 0 Å². The van der Waals surface area contributed by atoms with Gasteiger partial charge in [0.25, 0.3) is 0 Å². The van der Waals surface area contributed by atoms with Crippen LogP contribution in [0.2, 0.25) is 0 Å². The van der Waals surface area contributed by atoms with E-state index in [2.05, 4.69) is 37.8 Å². The first-order chi connectivity index (χ1) is 11.3. The Balaban J connectivity index is 1.89. The maximum absolute atomic E-state index is 4.79. The molecule has 0 amide bonds. The van der Waals surface area contributed by atoms with Crippen LogP contribution in [0.1, 0.15) is 0 Å². The Morgan fingerprint density at radius 3 is 2.35 bits per heavy atom. The van der Waals surface area contributed by atoms with E-state index in [0.29, 0.717) is 0 Å². The van der Waals surface area contributed by atoms with E-state index in [1.54, 1.807) is 0 Å². The maximum Gasteiger partial charge on any atom is 0.143 e. The lowest BCUT2D eigenvalue weighted by atomic mass is 10.1. The number of hydrogen-bond donors (Lipinski definition) is 1. The normalized spacial score (nSPS) is 10.8. The molecule has 0 saturated heterocycles. The van der Waals surface area contributed by atoms with Crippen LogP contribution in [0.4, 0.5) is 11.5 Å². The van der Waals surface area contributed by atoms with Crippen molar-refractivity contribution in [3.05, 3.63) is 83.5 Å². The van der Waals surface area contributed by atoms with Crippen LogP contribution in [0, 0.1) is 0 Å². The summed E-state index contributed by atoms with van der Waals surface area (Å²) in [5, 5.41) is 3.50. The Morgan fingerprint density at radius 1 is 0.826 bits per heavy atom. The molecule has 3 nitrogen and oxygen atoms in total. The lowest BCUT2D eigenvalue weighted by Gasteiger charge is -2.09. The zero-order valence-corrected chi connectivity index (χ0v) is 13.9. The van der Waals surface area contributed by atoms with Gasteiger partial charge in [-0.3, -0.25) is 4.40 Å². The molecule has 0 aliphatic rings. The quantitative estimate of drug-likeness (QED) is 0.520. The average Bonchev–Trinajstić information content (AvgIpc) is 2.95. The van der Waals surface area contributed by atoms with Gasteiger partial charge in [0.05, 0.1) is 0 Å². The van der Waals surface area contributed by atoms with E-state index in [1.807, 2.05) is 66.9 Å². The molecule has 112 valence electrons. The molecule has 0 spiro atoms. The number of hydrogen-bond acceptors (Lipinski definition) is 2. The summed E-state index contributed by atoms with van der Waals surface area (Å²) in [6, 6.07) is 24.4. The summed E-state index contributed by atoms with van der Waals surface area (Å²) < 4.78 is 3.13. The predicted molar refractivity (Wildman–Crippen MR) is 98.1 cm³/mol. The topological polar surface area (TPSA) is 29.3 Å². The largest absolute Gasteiger partial charge is 0.339 e. The highest BCUT2D eigenvalue weighted by Crippen LogP contribution is 2.31. The Bertz CT molecular complexity index is 943. The third-order valence-electron chi connectivity index (χ3n) is 3.68. The van der Waals surface area contributed by atoms with E-state index < -0.39 is 0 Å². The Labute approximate surface area is 142 Å². The fraction of sp³-hybridized carbons (Fsp3) is 0. The lowest BCUT2D eigenvalue weighted by Crippen LogP contribution is -1.96. The van der Waals surface area contributed by atoms with E-state index in [9.17, 15) is 0 Å². The maximum atomic E-state index is 4.79. The molecule has 0 unspecified atom stereocenters. The predicted octanol–water partition coefficient (Wildman–Crippen LogP) is 5.51. The average molecular weight is 364 g/mol. The summed E-state index contributed by atoms with van der Waals surface area (Å²) in [6.07, 6.45) is 2.02. The number of nitrogens with one attached hydrogen (secondary N) is 1. The van der Waals surface area contributed by atoms with Gasteiger partial charge in [-0.15, -0.1) is 0 Å². The number of halogens is 1. The fourth-order valence-electron chi connectivity index (χ4n) is 2.58. The van der Waals surface area contributed by atoms with Gasteiger partial charge in [-0.2, -0.15) is 0 Å². The fourth-order valence-corrected chi connectivity index (χ4v) is 2.85. The van der Waals surface area contributed by atoms with Crippen LogP contribution >= 0.6 is 15.9 Å². The number of rotatable bonds is 3. The van der Waals surface area contributed by atoms with E-state index in [-0.39, 0.29) is 0 Å². The van der Waals surface area contributed by atoms with Crippen LogP contribution in [0.15, 0.2) is 83.5 Å². The Kier molecular flexibility index (Phi) is 3.60. The molecule has 2 aromatic carbocycles. The van der Waals surface area contributed by atoms with Gasteiger partial charge >= 0.3 is 0 Å². The second-order valence-corrected chi connectivity index (χ2v) is 6.15.